The molecule has 0 aromatic heterocycles. The Morgan fingerprint density at radius 2 is 2.15 bits per heavy atom. The van der Waals surface area contributed by atoms with Crippen LogP contribution in [0.5, 0.6) is 0 Å². The van der Waals surface area contributed by atoms with Gasteiger partial charge in [-0.05, 0) is 51.5 Å². The summed E-state index contributed by atoms with van der Waals surface area (Å²) in [5.41, 5.74) is 6.61. The van der Waals surface area contributed by atoms with E-state index in [0.717, 1.165) is 6.04 Å². The van der Waals surface area contributed by atoms with Crippen LogP contribution in [0, 0.1) is 5.41 Å². The van der Waals surface area contributed by atoms with Gasteiger partial charge < -0.3 is 10.6 Å². The molecule has 2 nitrogen and oxygen atoms in total. The number of hydrogen-bond donors (Lipinski definition) is 1. The fourth-order valence-electron chi connectivity index (χ4n) is 3.03. The average molecular weight is 182 g/mol. The minimum Gasteiger partial charge on any atom is -0.328 e. The molecule has 0 radical (unpaired) electrons. The van der Waals surface area contributed by atoms with Gasteiger partial charge in [0.1, 0.15) is 0 Å². The minimum absolute atomic E-state index is 0.493. The second kappa shape index (κ2) is 3.25. The second-order valence-corrected chi connectivity index (χ2v) is 5.32. The Labute approximate surface area is 81.5 Å². The first-order valence-corrected chi connectivity index (χ1v) is 5.61. The third kappa shape index (κ3) is 1.75. The second-order valence-electron chi connectivity index (χ2n) is 5.32. The molecule has 1 saturated carbocycles. The molecule has 2 rings (SSSR count). The molecule has 2 aliphatic rings. The maximum absolute atomic E-state index is 5.99. The summed E-state index contributed by atoms with van der Waals surface area (Å²) >= 11 is 0. The number of hydrogen-bond acceptors (Lipinski definition) is 2. The van der Waals surface area contributed by atoms with Crippen molar-refractivity contribution in [2.24, 2.45) is 11.1 Å². The van der Waals surface area contributed by atoms with Crippen LogP contribution in [0.3, 0.4) is 0 Å². The highest BCUT2D eigenvalue weighted by Crippen LogP contribution is 2.45. The number of nitrogens with zero attached hydrogens (tertiary/aromatic N) is 1. The van der Waals surface area contributed by atoms with Crippen molar-refractivity contribution in [2.45, 2.75) is 51.6 Å². The lowest BCUT2D eigenvalue weighted by Gasteiger charge is -2.26. The normalized spacial score (nSPS) is 41.1. The van der Waals surface area contributed by atoms with Crippen molar-refractivity contribution >= 4 is 0 Å². The van der Waals surface area contributed by atoms with E-state index in [4.69, 9.17) is 5.73 Å². The first-order valence-electron chi connectivity index (χ1n) is 5.61. The first-order chi connectivity index (χ1) is 6.11. The number of rotatable bonds is 1. The van der Waals surface area contributed by atoms with Gasteiger partial charge in [0.2, 0.25) is 0 Å². The van der Waals surface area contributed by atoms with Crippen molar-refractivity contribution in [3.8, 4) is 0 Å². The minimum atomic E-state index is 0.493. The van der Waals surface area contributed by atoms with Crippen LogP contribution in [0.1, 0.15) is 39.5 Å². The number of likely N-dealkylation sites (tertiary alicyclic amines) is 1. The first kappa shape index (κ1) is 9.47. The summed E-state index contributed by atoms with van der Waals surface area (Å²) in [7, 11) is 0. The Morgan fingerprint density at radius 3 is 2.62 bits per heavy atom. The van der Waals surface area contributed by atoms with Crippen LogP contribution in [0.25, 0.3) is 0 Å². The molecule has 1 heterocycles. The van der Waals surface area contributed by atoms with E-state index in [1.54, 1.807) is 0 Å². The lowest BCUT2D eigenvalue weighted by atomic mass is 9.85. The molecule has 2 N–H and O–H groups in total. The summed E-state index contributed by atoms with van der Waals surface area (Å²) in [6.07, 6.45) is 5.29. The monoisotopic (exact) mass is 182 g/mol. The van der Waals surface area contributed by atoms with Gasteiger partial charge in [0.05, 0.1) is 0 Å². The Morgan fingerprint density at radius 1 is 1.38 bits per heavy atom. The zero-order valence-corrected chi connectivity index (χ0v) is 8.92. The highest BCUT2D eigenvalue weighted by atomic mass is 15.2. The van der Waals surface area contributed by atoms with Crippen molar-refractivity contribution in [1.29, 1.82) is 0 Å². The Bertz CT molecular complexity index is 191. The molecule has 2 atom stereocenters. The lowest BCUT2D eigenvalue weighted by molar-refractivity contribution is 0.224. The van der Waals surface area contributed by atoms with Crippen LogP contribution in [0.15, 0.2) is 0 Å². The van der Waals surface area contributed by atoms with Gasteiger partial charge in [-0.3, -0.25) is 0 Å². The van der Waals surface area contributed by atoms with E-state index in [1.165, 1.54) is 38.8 Å². The van der Waals surface area contributed by atoms with Crippen LogP contribution in [0.2, 0.25) is 0 Å². The molecule has 13 heavy (non-hydrogen) atoms. The van der Waals surface area contributed by atoms with Gasteiger partial charge in [0, 0.05) is 18.6 Å². The smallest absolute Gasteiger partial charge is 0.00448 e. The van der Waals surface area contributed by atoms with Gasteiger partial charge in [-0.25, -0.2) is 0 Å². The standard InChI is InChI=1S/C11H22N2/c1-9(2)13-6-5-11(8-13)4-3-10(12)7-11/h9-10H,3-8,12H2,1-2H3/t10-,11+/m0/s1. The zero-order valence-electron chi connectivity index (χ0n) is 8.92. The molecule has 76 valence electrons. The lowest BCUT2D eigenvalue weighted by Crippen LogP contribution is -2.31. The Hall–Kier alpha value is -0.0800. The topological polar surface area (TPSA) is 29.3 Å². The van der Waals surface area contributed by atoms with Crippen molar-refractivity contribution in [1.82, 2.24) is 4.90 Å². The van der Waals surface area contributed by atoms with E-state index in [9.17, 15) is 0 Å². The van der Waals surface area contributed by atoms with Gasteiger partial charge in [-0.1, -0.05) is 0 Å². The summed E-state index contributed by atoms with van der Waals surface area (Å²) in [6.45, 7) is 7.20. The molecule has 1 spiro atoms. The third-order valence-electron chi connectivity index (χ3n) is 3.94. The molecule has 1 aliphatic carbocycles. The van der Waals surface area contributed by atoms with Crippen LogP contribution in [-0.4, -0.2) is 30.1 Å². The quantitative estimate of drug-likeness (QED) is 0.667. The van der Waals surface area contributed by atoms with E-state index in [2.05, 4.69) is 18.7 Å². The third-order valence-corrected chi connectivity index (χ3v) is 3.94. The summed E-state index contributed by atoms with van der Waals surface area (Å²) in [6, 6.07) is 1.21. The van der Waals surface area contributed by atoms with Gasteiger partial charge in [-0.15, -0.1) is 0 Å². The summed E-state index contributed by atoms with van der Waals surface area (Å²) in [4.78, 5) is 2.61. The fraction of sp³-hybridized carbons (Fsp3) is 1.00. The van der Waals surface area contributed by atoms with E-state index in [1.807, 2.05) is 0 Å². The molecular weight excluding hydrogens is 160 g/mol. The predicted molar refractivity (Wildman–Crippen MR) is 55.6 cm³/mol. The Balaban J connectivity index is 1.97. The molecule has 2 heteroatoms. The van der Waals surface area contributed by atoms with Gasteiger partial charge in [0.25, 0.3) is 0 Å². The summed E-state index contributed by atoms with van der Waals surface area (Å²) in [5, 5.41) is 0. The van der Waals surface area contributed by atoms with Crippen LogP contribution in [0.4, 0.5) is 0 Å². The van der Waals surface area contributed by atoms with Crippen molar-refractivity contribution < 1.29 is 0 Å². The van der Waals surface area contributed by atoms with E-state index >= 15 is 0 Å². The molecule has 0 aromatic carbocycles. The average Bonchev–Trinajstić information content (AvgIpc) is 2.61. The van der Waals surface area contributed by atoms with E-state index in [-0.39, 0.29) is 0 Å². The molecular formula is C11H22N2. The van der Waals surface area contributed by atoms with Crippen molar-refractivity contribution in [3.05, 3.63) is 0 Å². The maximum atomic E-state index is 5.99. The molecule has 0 aromatic rings. The zero-order chi connectivity index (χ0) is 9.47. The SMILES string of the molecule is CC(C)N1CC[C@@]2(CC[C@H](N)C2)C1. The Kier molecular flexibility index (Phi) is 2.37. The molecule has 0 bridgehead atoms. The van der Waals surface area contributed by atoms with Crippen LogP contribution < -0.4 is 5.73 Å². The molecule has 1 aliphatic heterocycles. The molecule has 0 unspecified atom stereocenters. The molecule has 2 fully saturated rings. The summed E-state index contributed by atoms with van der Waals surface area (Å²) in [5.74, 6) is 0. The number of nitrogens with two attached hydrogens (primary N) is 1. The highest BCUT2D eigenvalue weighted by molar-refractivity contribution is 4.97. The van der Waals surface area contributed by atoms with E-state index < -0.39 is 0 Å². The van der Waals surface area contributed by atoms with Gasteiger partial charge >= 0.3 is 0 Å². The van der Waals surface area contributed by atoms with Crippen molar-refractivity contribution in [3.63, 3.8) is 0 Å². The predicted octanol–water partition coefficient (Wildman–Crippen LogP) is 1.60. The van der Waals surface area contributed by atoms with E-state index in [0.29, 0.717) is 11.5 Å². The molecule has 0 amide bonds. The maximum Gasteiger partial charge on any atom is 0.00448 e. The van der Waals surface area contributed by atoms with Gasteiger partial charge in [0.15, 0.2) is 0 Å². The fourth-order valence-corrected chi connectivity index (χ4v) is 3.03. The summed E-state index contributed by atoms with van der Waals surface area (Å²) < 4.78 is 0. The highest BCUT2D eigenvalue weighted by Gasteiger charge is 2.43. The molecule has 1 saturated heterocycles. The van der Waals surface area contributed by atoms with Crippen molar-refractivity contribution in [2.75, 3.05) is 13.1 Å². The largest absolute Gasteiger partial charge is 0.328 e. The van der Waals surface area contributed by atoms with Crippen LogP contribution in [-0.2, 0) is 0 Å². The van der Waals surface area contributed by atoms with Gasteiger partial charge in [-0.2, -0.15) is 0 Å². The van der Waals surface area contributed by atoms with Crippen LogP contribution >= 0.6 is 0 Å².